The van der Waals surface area contributed by atoms with Gasteiger partial charge in [0.05, 0.1) is 6.10 Å². The lowest BCUT2D eigenvalue weighted by atomic mass is 10.2. The minimum absolute atomic E-state index is 0.399. The van der Waals surface area contributed by atoms with Gasteiger partial charge in [0, 0.05) is 6.08 Å². The van der Waals surface area contributed by atoms with Gasteiger partial charge in [-0.05, 0) is 26.2 Å². The molecule has 1 atom stereocenters. The molecule has 0 spiro atoms. The van der Waals surface area contributed by atoms with Gasteiger partial charge in [-0.3, -0.25) is 0 Å². The third kappa shape index (κ3) is 14.4. The van der Waals surface area contributed by atoms with Crippen molar-refractivity contribution in [3.8, 4) is 0 Å². The van der Waals surface area contributed by atoms with Crippen LogP contribution in [-0.2, 0) is 4.79 Å². The number of aliphatic carboxylic acids is 1. The Morgan fingerprint density at radius 1 is 1.12 bits per heavy atom. The summed E-state index contributed by atoms with van der Waals surface area (Å²) < 4.78 is 0. The Hall–Kier alpha value is -1.61. The Morgan fingerprint density at radius 2 is 1.71 bits per heavy atom. The molecular formula is C14H20O3. The summed E-state index contributed by atoms with van der Waals surface area (Å²) in [6.07, 6.45) is 16.3. The van der Waals surface area contributed by atoms with Crippen LogP contribution in [0.15, 0.2) is 48.6 Å². The Balaban J connectivity index is 3.49. The Morgan fingerprint density at radius 3 is 2.24 bits per heavy atom. The van der Waals surface area contributed by atoms with E-state index in [-0.39, 0.29) is 0 Å². The first-order valence-electron chi connectivity index (χ1n) is 5.70. The summed E-state index contributed by atoms with van der Waals surface area (Å²) in [5.74, 6) is -0.928. The number of aliphatic hydroxyl groups is 1. The summed E-state index contributed by atoms with van der Waals surface area (Å²) in [6.45, 7) is 1.71. The molecule has 0 bridgehead atoms. The molecule has 0 aromatic heterocycles. The van der Waals surface area contributed by atoms with Gasteiger partial charge >= 0.3 is 5.97 Å². The molecule has 0 rings (SSSR count). The van der Waals surface area contributed by atoms with Crippen LogP contribution in [0.3, 0.4) is 0 Å². The summed E-state index contributed by atoms with van der Waals surface area (Å²) in [7, 11) is 0. The number of hydrogen-bond donors (Lipinski definition) is 2. The van der Waals surface area contributed by atoms with Crippen molar-refractivity contribution in [2.45, 2.75) is 32.3 Å². The Bertz CT molecular complexity index is 309. The summed E-state index contributed by atoms with van der Waals surface area (Å²) in [5, 5.41) is 17.3. The van der Waals surface area contributed by atoms with Crippen LogP contribution < -0.4 is 0 Å². The highest BCUT2D eigenvalue weighted by molar-refractivity contribution is 5.80. The van der Waals surface area contributed by atoms with Crippen LogP contribution in [0, 0.1) is 0 Å². The van der Waals surface area contributed by atoms with Gasteiger partial charge in [0.1, 0.15) is 0 Å². The summed E-state index contributed by atoms with van der Waals surface area (Å²) >= 11 is 0. The number of rotatable bonds is 8. The highest BCUT2D eigenvalue weighted by Gasteiger charge is 1.83. The molecule has 17 heavy (non-hydrogen) atoms. The van der Waals surface area contributed by atoms with Crippen molar-refractivity contribution in [1.29, 1.82) is 0 Å². The zero-order valence-electron chi connectivity index (χ0n) is 10.1. The van der Waals surface area contributed by atoms with E-state index in [1.165, 1.54) is 6.08 Å². The van der Waals surface area contributed by atoms with Crippen LogP contribution in [0.1, 0.15) is 26.2 Å². The van der Waals surface area contributed by atoms with Crippen molar-refractivity contribution in [2.75, 3.05) is 0 Å². The fourth-order valence-electron chi connectivity index (χ4n) is 1.07. The number of aliphatic hydroxyl groups excluding tert-OH is 1. The number of unbranched alkanes of at least 4 members (excludes halogenated alkanes) is 2. The van der Waals surface area contributed by atoms with E-state index in [4.69, 9.17) is 10.2 Å². The molecule has 0 radical (unpaired) electrons. The van der Waals surface area contributed by atoms with Gasteiger partial charge in [-0.2, -0.15) is 0 Å². The Kier molecular flexibility index (Phi) is 9.86. The van der Waals surface area contributed by atoms with E-state index in [0.29, 0.717) is 0 Å². The van der Waals surface area contributed by atoms with Crippen molar-refractivity contribution in [3.63, 3.8) is 0 Å². The van der Waals surface area contributed by atoms with E-state index < -0.39 is 12.1 Å². The third-order valence-electron chi connectivity index (χ3n) is 1.86. The van der Waals surface area contributed by atoms with Crippen LogP contribution in [0.5, 0.6) is 0 Å². The molecule has 0 heterocycles. The van der Waals surface area contributed by atoms with Crippen molar-refractivity contribution in [2.24, 2.45) is 0 Å². The van der Waals surface area contributed by atoms with Crippen LogP contribution in [-0.4, -0.2) is 22.3 Å². The van der Waals surface area contributed by atoms with E-state index in [1.807, 2.05) is 24.3 Å². The quantitative estimate of drug-likeness (QED) is 0.387. The molecule has 0 saturated carbocycles. The van der Waals surface area contributed by atoms with Crippen LogP contribution >= 0.6 is 0 Å². The van der Waals surface area contributed by atoms with E-state index in [1.54, 1.807) is 19.1 Å². The maximum Gasteiger partial charge on any atom is 0.328 e. The molecule has 0 aliphatic carbocycles. The summed E-state index contributed by atoms with van der Waals surface area (Å²) in [4.78, 5) is 10.1. The number of carbonyl (C=O) groups is 1. The van der Waals surface area contributed by atoms with Gasteiger partial charge in [-0.15, -0.1) is 0 Å². The first-order chi connectivity index (χ1) is 8.13. The fourth-order valence-corrected chi connectivity index (χ4v) is 1.07. The molecule has 3 nitrogen and oxygen atoms in total. The monoisotopic (exact) mass is 236 g/mol. The predicted octanol–water partition coefficient (Wildman–Crippen LogP) is 2.85. The summed E-state index contributed by atoms with van der Waals surface area (Å²) in [6, 6.07) is 0. The predicted molar refractivity (Wildman–Crippen MR) is 69.7 cm³/mol. The molecule has 94 valence electrons. The van der Waals surface area contributed by atoms with Gasteiger partial charge in [-0.1, -0.05) is 42.5 Å². The first-order valence-corrected chi connectivity index (χ1v) is 5.70. The zero-order valence-corrected chi connectivity index (χ0v) is 10.1. The molecule has 0 aromatic carbocycles. The maximum atomic E-state index is 10.1. The molecule has 0 aromatic rings. The topological polar surface area (TPSA) is 57.5 Å². The normalized spacial score (nSPS) is 14.5. The molecule has 0 aliphatic heterocycles. The van der Waals surface area contributed by atoms with Crippen LogP contribution in [0.25, 0.3) is 0 Å². The smallest absolute Gasteiger partial charge is 0.328 e. The second-order valence-corrected chi connectivity index (χ2v) is 3.61. The highest BCUT2D eigenvalue weighted by atomic mass is 16.4. The average molecular weight is 236 g/mol. The van der Waals surface area contributed by atoms with Crippen molar-refractivity contribution in [3.05, 3.63) is 48.6 Å². The second kappa shape index (κ2) is 10.9. The molecule has 1 unspecified atom stereocenters. The van der Waals surface area contributed by atoms with Gasteiger partial charge in [0.2, 0.25) is 0 Å². The van der Waals surface area contributed by atoms with Crippen LogP contribution in [0.4, 0.5) is 0 Å². The Labute approximate surface area is 102 Å². The largest absolute Gasteiger partial charge is 0.478 e. The van der Waals surface area contributed by atoms with E-state index in [9.17, 15) is 4.79 Å². The number of hydrogen-bond acceptors (Lipinski definition) is 2. The van der Waals surface area contributed by atoms with Crippen molar-refractivity contribution >= 4 is 5.97 Å². The van der Waals surface area contributed by atoms with Gasteiger partial charge in [0.15, 0.2) is 0 Å². The van der Waals surface area contributed by atoms with Gasteiger partial charge in [0.25, 0.3) is 0 Å². The van der Waals surface area contributed by atoms with E-state index in [2.05, 4.69) is 0 Å². The minimum Gasteiger partial charge on any atom is -0.478 e. The zero-order chi connectivity index (χ0) is 12.9. The van der Waals surface area contributed by atoms with Crippen molar-refractivity contribution < 1.29 is 15.0 Å². The van der Waals surface area contributed by atoms with Gasteiger partial charge < -0.3 is 10.2 Å². The van der Waals surface area contributed by atoms with Crippen molar-refractivity contribution in [1.82, 2.24) is 0 Å². The molecular weight excluding hydrogens is 216 g/mol. The molecule has 3 heteroatoms. The standard InChI is InChI=1S/C14H20O3/c1-13(15)11-9-7-5-3-2-4-6-8-10-12-14(16)17/h5-13,15H,2-4H2,1H3,(H,16,17)/b7-5+,8-6+,11-9+,12-10+. The lowest BCUT2D eigenvalue weighted by Gasteiger charge is -1.90. The average Bonchev–Trinajstić information content (AvgIpc) is 2.25. The number of carboxylic acids is 1. The molecule has 0 amide bonds. The SMILES string of the molecule is CC(O)/C=C/C=C/CCC/C=C/C=C/C(=O)O. The molecule has 0 saturated heterocycles. The van der Waals surface area contributed by atoms with Crippen LogP contribution in [0.2, 0.25) is 0 Å². The molecule has 0 fully saturated rings. The first kappa shape index (κ1) is 15.4. The lowest BCUT2D eigenvalue weighted by Crippen LogP contribution is -1.90. The number of allylic oxidation sites excluding steroid dienone is 6. The van der Waals surface area contributed by atoms with Gasteiger partial charge in [-0.25, -0.2) is 4.79 Å². The lowest BCUT2D eigenvalue weighted by molar-refractivity contribution is -0.131. The minimum atomic E-state index is -0.928. The summed E-state index contributed by atoms with van der Waals surface area (Å²) in [5.41, 5.74) is 0. The second-order valence-electron chi connectivity index (χ2n) is 3.61. The maximum absolute atomic E-state index is 10.1. The third-order valence-corrected chi connectivity index (χ3v) is 1.86. The van der Waals surface area contributed by atoms with E-state index >= 15 is 0 Å². The molecule has 2 N–H and O–H groups in total. The fraction of sp³-hybridized carbons (Fsp3) is 0.357. The van der Waals surface area contributed by atoms with E-state index in [0.717, 1.165) is 25.3 Å². The molecule has 0 aliphatic rings. The number of carboxylic acid groups (broad SMARTS) is 1. The highest BCUT2D eigenvalue weighted by Crippen LogP contribution is 1.98.